The van der Waals surface area contributed by atoms with Crippen LogP contribution in [0, 0.1) is 0 Å². The zero-order valence-electron chi connectivity index (χ0n) is 11.7. The smallest absolute Gasteiger partial charge is 0.341 e. The molecule has 0 aliphatic rings. The van der Waals surface area contributed by atoms with E-state index in [1.165, 1.54) is 24.3 Å². The summed E-state index contributed by atoms with van der Waals surface area (Å²) in [5, 5.41) is 17.6. The van der Waals surface area contributed by atoms with Crippen LogP contribution in [0.25, 0.3) is 0 Å². The number of aliphatic carboxylic acids is 1. The molecule has 0 bridgehead atoms. The van der Waals surface area contributed by atoms with Gasteiger partial charge in [0.05, 0.1) is 11.0 Å². The van der Waals surface area contributed by atoms with E-state index >= 15 is 0 Å². The van der Waals surface area contributed by atoms with E-state index in [1.54, 1.807) is 6.92 Å². The van der Waals surface area contributed by atoms with E-state index in [4.69, 9.17) is 14.9 Å². The van der Waals surface area contributed by atoms with Crippen LogP contribution in [-0.2, 0) is 14.8 Å². The van der Waals surface area contributed by atoms with Crippen molar-refractivity contribution in [3.05, 3.63) is 24.3 Å². The zero-order chi connectivity index (χ0) is 15.9. The molecule has 1 aromatic carbocycles. The molecule has 1 rings (SSSR count). The number of aliphatic hydroxyl groups is 1. The summed E-state index contributed by atoms with van der Waals surface area (Å²) in [5.74, 6) is -0.822. The highest BCUT2D eigenvalue weighted by molar-refractivity contribution is 7.89. The Kier molecular flexibility index (Phi) is 6.60. The molecule has 0 saturated carbocycles. The molecule has 0 radical (unpaired) electrons. The maximum atomic E-state index is 11.9. The van der Waals surface area contributed by atoms with E-state index in [0.29, 0.717) is 12.8 Å². The number of sulfonamides is 1. The molecule has 1 atom stereocenters. The molecule has 0 aliphatic heterocycles. The third kappa shape index (κ3) is 6.56. The molecule has 0 heterocycles. The molecule has 0 spiro atoms. The highest BCUT2D eigenvalue weighted by Crippen LogP contribution is 2.15. The highest BCUT2D eigenvalue weighted by Gasteiger charge is 2.13. The van der Waals surface area contributed by atoms with Gasteiger partial charge in [-0.1, -0.05) is 0 Å². The SMILES string of the molecule is CC(O)CCCNS(=O)(=O)c1ccc(OCC(=O)O)cc1. The van der Waals surface area contributed by atoms with Crippen molar-refractivity contribution >= 4 is 16.0 Å². The number of ether oxygens (including phenoxy) is 1. The molecular weight excluding hydrogens is 298 g/mol. The largest absolute Gasteiger partial charge is 0.482 e. The average Bonchev–Trinajstić information content (AvgIpc) is 2.41. The number of carboxylic acid groups (broad SMARTS) is 1. The van der Waals surface area contributed by atoms with Crippen LogP contribution in [0.2, 0.25) is 0 Å². The highest BCUT2D eigenvalue weighted by atomic mass is 32.2. The summed E-state index contributed by atoms with van der Waals surface area (Å²) >= 11 is 0. The molecule has 118 valence electrons. The van der Waals surface area contributed by atoms with Crippen molar-refractivity contribution < 1.29 is 28.2 Å². The Hall–Kier alpha value is -1.64. The van der Waals surface area contributed by atoms with Gasteiger partial charge in [-0.2, -0.15) is 0 Å². The van der Waals surface area contributed by atoms with Crippen LogP contribution in [0.5, 0.6) is 5.75 Å². The number of hydrogen-bond donors (Lipinski definition) is 3. The first-order valence-electron chi connectivity index (χ1n) is 6.43. The molecule has 7 nitrogen and oxygen atoms in total. The molecule has 1 unspecified atom stereocenters. The van der Waals surface area contributed by atoms with Crippen molar-refractivity contribution in [2.75, 3.05) is 13.2 Å². The van der Waals surface area contributed by atoms with Gasteiger partial charge in [0, 0.05) is 6.54 Å². The van der Waals surface area contributed by atoms with E-state index in [0.717, 1.165) is 0 Å². The standard InChI is InChI=1S/C13H19NO6S/c1-10(15)3-2-8-14-21(18,19)12-6-4-11(5-7-12)20-9-13(16)17/h4-7,10,14-15H,2-3,8-9H2,1H3,(H,16,17). The van der Waals surface area contributed by atoms with Gasteiger partial charge in [0.2, 0.25) is 10.0 Å². The van der Waals surface area contributed by atoms with Gasteiger partial charge in [-0.05, 0) is 44.0 Å². The first kappa shape index (κ1) is 17.4. The van der Waals surface area contributed by atoms with E-state index in [2.05, 4.69) is 4.72 Å². The van der Waals surface area contributed by atoms with Crippen LogP contribution in [0.15, 0.2) is 29.2 Å². The lowest BCUT2D eigenvalue weighted by atomic mass is 10.2. The fraction of sp³-hybridized carbons (Fsp3) is 0.462. The van der Waals surface area contributed by atoms with Crippen LogP contribution in [0.3, 0.4) is 0 Å². The summed E-state index contributed by atoms with van der Waals surface area (Å²) in [6, 6.07) is 5.48. The number of benzene rings is 1. The normalized spacial score (nSPS) is 12.9. The Morgan fingerprint density at radius 1 is 1.33 bits per heavy atom. The van der Waals surface area contributed by atoms with E-state index < -0.39 is 28.7 Å². The second-order valence-electron chi connectivity index (χ2n) is 4.54. The van der Waals surface area contributed by atoms with E-state index in [-0.39, 0.29) is 17.2 Å². The van der Waals surface area contributed by atoms with Crippen LogP contribution in [-0.4, -0.2) is 43.9 Å². The van der Waals surface area contributed by atoms with Gasteiger partial charge >= 0.3 is 5.97 Å². The molecule has 3 N–H and O–H groups in total. The first-order chi connectivity index (χ1) is 9.81. The van der Waals surface area contributed by atoms with Crippen molar-refractivity contribution in [3.63, 3.8) is 0 Å². The Bertz CT molecular complexity index is 553. The summed E-state index contributed by atoms with van der Waals surface area (Å²) in [7, 11) is -3.61. The maximum Gasteiger partial charge on any atom is 0.341 e. The summed E-state index contributed by atoms with van der Waals surface area (Å²) in [6.07, 6.45) is 0.599. The third-order valence-electron chi connectivity index (χ3n) is 2.59. The topological polar surface area (TPSA) is 113 Å². The minimum absolute atomic E-state index is 0.0715. The van der Waals surface area contributed by atoms with Gasteiger partial charge in [0.25, 0.3) is 0 Å². The number of rotatable bonds is 9. The van der Waals surface area contributed by atoms with Gasteiger partial charge < -0.3 is 14.9 Å². The quantitative estimate of drug-likeness (QED) is 0.575. The van der Waals surface area contributed by atoms with Gasteiger partial charge in [-0.25, -0.2) is 17.9 Å². The molecule has 8 heteroatoms. The lowest BCUT2D eigenvalue weighted by Gasteiger charge is -2.08. The third-order valence-corrected chi connectivity index (χ3v) is 4.06. The summed E-state index contributed by atoms with van der Waals surface area (Å²) < 4.78 is 31.2. The van der Waals surface area contributed by atoms with Gasteiger partial charge in [-0.3, -0.25) is 0 Å². The average molecular weight is 317 g/mol. The summed E-state index contributed by atoms with van der Waals surface area (Å²) in [6.45, 7) is 1.40. The Balaban J connectivity index is 2.56. The van der Waals surface area contributed by atoms with Gasteiger partial charge in [0.15, 0.2) is 6.61 Å². The van der Waals surface area contributed by atoms with Crippen molar-refractivity contribution in [2.24, 2.45) is 0 Å². The minimum Gasteiger partial charge on any atom is -0.482 e. The molecule has 1 aromatic rings. The van der Waals surface area contributed by atoms with Crippen LogP contribution < -0.4 is 9.46 Å². The zero-order valence-corrected chi connectivity index (χ0v) is 12.5. The molecule has 0 aromatic heterocycles. The fourth-order valence-electron chi connectivity index (χ4n) is 1.55. The number of carbonyl (C=O) groups is 1. The second kappa shape index (κ2) is 7.96. The molecular formula is C13H19NO6S. The van der Waals surface area contributed by atoms with Crippen LogP contribution in [0.4, 0.5) is 0 Å². The first-order valence-corrected chi connectivity index (χ1v) is 7.92. The van der Waals surface area contributed by atoms with Crippen molar-refractivity contribution in [3.8, 4) is 5.75 Å². The maximum absolute atomic E-state index is 11.9. The molecule has 0 saturated heterocycles. The molecule has 0 aliphatic carbocycles. The van der Waals surface area contributed by atoms with Crippen LogP contribution >= 0.6 is 0 Å². The summed E-state index contributed by atoms with van der Waals surface area (Å²) in [5.41, 5.74) is 0. The predicted octanol–water partition coefficient (Wildman–Crippen LogP) is 0.589. The number of carboxylic acids is 1. The number of hydrogen-bond acceptors (Lipinski definition) is 5. The second-order valence-corrected chi connectivity index (χ2v) is 6.31. The monoisotopic (exact) mass is 317 g/mol. The van der Waals surface area contributed by atoms with Crippen molar-refractivity contribution in [1.82, 2.24) is 4.72 Å². The van der Waals surface area contributed by atoms with Crippen molar-refractivity contribution in [2.45, 2.75) is 30.8 Å². The molecule has 0 fully saturated rings. The van der Waals surface area contributed by atoms with Gasteiger partial charge in [0.1, 0.15) is 5.75 Å². The summed E-state index contributed by atoms with van der Waals surface area (Å²) in [4.78, 5) is 10.4. The van der Waals surface area contributed by atoms with Gasteiger partial charge in [-0.15, -0.1) is 0 Å². The van der Waals surface area contributed by atoms with Crippen LogP contribution in [0.1, 0.15) is 19.8 Å². The Morgan fingerprint density at radius 2 is 1.95 bits per heavy atom. The fourth-order valence-corrected chi connectivity index (χ4v) is 2.62. The minimum atomic E-state index is -3.61. The van der Waals surface area contributed by atoms with Crippen molar-refractivity contribution in [1.29, 1.82) is 0 Å². The number of aliphatic hydroxyl groups excluding tert-OH is 1. The number of nitrogens with one attached hydrogen (secondary N) is 1. The van der Waals surface area contributed by atoms with E-state index in [9.17, 15) is 13.2 Å². The molecule has 21 heavy (non-hydrogen) atoms. The molecule has 0 amide bonds. The lowest BCUT2D eigenvalue weighted by Crippen LogP contribution is -2.25. The predicted molar refractivity (Wildman–Crippen MR) is 75.7 cm³/mol. The lowest BCUT2D eigenvalue weighted by molar-refractivity contribution is -0.139. The Morgan fingerprint density at radius 3 is 2.48 bits per heavy atom. The van der Waals surface area contributed by atoms with E-state index in [1.807, 2.05) is 0 Å². The Labute approximate surface area is 123 Å².